The molecule has 0 radical (unpaired) electrons. The monoisotopic (exact) mass is 275 g/mol. The number of fused-ring (bicyclic) bond motifs is 1. The van der Waals surface area contributed by atoms with Gasteiger partial charge in [0.25, 0.3) is 0 Å². The first-order valence-electron chi connectivity index (χ1n) is 7.44. The molecule has 1 heterocycles. The number of nitrogens with one attached hydrogen (secondary N) is 1. The minimum Gasteiger partial charge on any atom is -0.394 e. The van der Waals surface area contributed by atoms with Crippen LogP contribution in [-0.4, -0.2) is 33.3 Å². The maximum absolute atomic E-state index is 9.46. The Labute approximate surface area is 120 Å². The number of aryl methyl sites for hydroxylation is 1. The molecule has 0 bridgehead atoms. The average Bonchev–Trinajstić information content (AvgIpc) is 2.87. The minimum absolute atomic E-state index is 0.147. The quantitative estimate of drug-likeness (QED) is 0.728. The summed E-state index contributed by atoms with van der Waals surface area (Å²) in [7, 11) is 0. The van der Waals surface area contributed by atoms with Crippen molar-refractivity contribution >= 4 is 11.0 Å². The summed E-state index contributed by atoms with van der Waals surface area (Å²) in [4.78, 5) is 4.40. The molecule has 2 aromatic rings. The lowest BCUT2D eigenvalue weighted by atomic mass is 9.96. The molecular weight excluding hydrogens is 250 g/mol. The van der Waals surface area contributed by atoms with Crippen LogP contribution in [0.1, 0.15) is 33.1 Å². The Balaban J connectivity index is 1.84. The number of aliphatic hydroxyl groups is 1. The summed E-state index contributed by atoms with van der Waals surface area (Å²) in [6.45, 7) is 6.22. The van der Waals surface area contributed by atoms with E-state index in [1.807, 2.05) is 18.5 Å². The molecule has 0 fully saturated rings. The number of nitrogens with zero attached hydrogens (tertiary/aromatic N) is 2. The van der Waals surface area contributed by atoms with Gasteiger partial charge in [-0.15, -0.1) is 0 Å². The fourth-order valence-electron chi connectivity index (χ4n) is 2.64. The lowest BCUT2D eigenvalue weighted by Gasteiger charge is -2.28. The SMILES string of the molecule is CCNC(C)(CO)CCCCn1cnc2ccccc21. The highest BCUT2D eigenvalue weighted by Gasteiger charge is 2.20. The molecule has 1 aromatic heterocycles. The molecule has 0 saturated heterocycles. The van der Waals surface area contributed by atoms with E-state index in [1.165, 1.54) is 5.52 Å². The van der Waals surface area contributed by atoms with E-state index in [-0.39, 0.29) is 12.1 Å². The molecule has 4 nitrogen and oxygen atoms in total. The Bertz CT molecular complexity index is 537. The van der Waals surface area contributed by atoms with E-state index in [9.17, 15) is 5.11 Å². The Morgan fingerprint density at radius 3 is 2.85 bits per heavy atom. The number of aromatic nitrogens is 2. The van der Waals surface area contributed by atoms with Gasteiger partial charge in [0.1, 0.15) is 0 Å². The van der Waals surface area contributed by atoms with Gasteiger partial charge in [-0.3, -0.25) is 0 Å². The van der Waals surface area contributed by atoms with Gasteiger partial charge in [0.15, 0.2) is 0 Å². The summed E-state index contributed by atoms with van der Waals surface area (Å²) >= 11 is 0. The van der Waals surface area contributed by atoms with Crippen LogP contribution >= 0.6 is 0 Å². The number of rotatable bonds is 8. The maximum atomic E-state index is 9.46. The van der Waals surface area contributed by atoms with Crippen molar-refractivity contribution in [1.82, 2.24) is 14.9 Å². The summed E-state index contributed by atoms with van der Waals surface area (Å²) < 4.78 is 2.21. The zero-order valence-electron chi connectivity index (χ0n) is 12.5. The van der Waals surface area contributed by atoms with Crippen molar-refractivity contribution in [2.75, 3.05) is 13.2 Å². The predicted octanol–water partition coefficient (Wildman–Crippen LogP) is 2.57. The van der Waals surface area contributed by atoms with Crippen molar-refractivity contribution < 1.29 is 5.11 Å². The maximum Gasteiger partial charge on any atom is 0.0958 e. The molecule has 1 aromatic carbocycles. The molecule has 1 unspecified atom stereocenters. The minimum atomic E-state index is -0.147. The number of aliphatic hydroxyl groups excluding tert-OH is 1. The molecule has 2 N–H and O–H groups in total. The van der Waals surface area contributed by atoms with E-state index in [0.717, 1.165) is 37.9 Å². The number of hydrogen-bond donors (Lipinski definition) is 2. The molecule has 0 spiro atoms. The van der Waals surface area contributed by atoms with Crippen LogP contribution in [0.25, 0.3) is 11.0 Å². The Morgan fingerprint density at radius 2 is 2.10 bits per heavy atom. The molecule has 0 aliphatic carbocycles. The third-order valence-electron chi connectivity index (χ3n) is 3.86. The summed E-state index contributed by atoms with van der Waals surface area (Å²) in [5.74, 6) is 0. The van der Waals surface area contributed by atoms with Gasteiger partial charge in [0, 0.05) is 12.1 Å². The van der Waals surface area contributed by atoms with Gasteiger partial charge in [-0.25, -0.2) is 4.98 Å². The molecule has 0 aliphatic heterocycles. The van der Waals surface area contributed by atoms with Crippen molar-refractivity contribution in [3.63, 3.8) is 0 Å². The lowest BCUT2D eigenvalue weighted by Crippen LogP contribution is -2.45. The van der Waals surface area contributed by atoms with Gasteiger partial charge >= 0.3 is 0 Å². The Kier molecular flexibility index (Phi) is 5.15. The highest BCUT2D eigenvalue weighted by Crippen LogP contribution is 2.16. The van der Waals surface area contributed by atoms with E-state index in [0.29, 0.717) is 0 Å². The van der Waals surface area contributed by atoms with Crippen molar-refractivity contribution in [2.45, 2.75) is 45.2 Å². The largest absolute Gasteiger partial charge is 0.394 e. The third kappa shape index (κ3) is 3.58. The van der Waals surface area contributed by atoms with Gasteiger partial charge in [-0.1, -0.05) is 19.1 Å². The summed E-state index contributed by atoms with van der Waals surface area (Å²) in [6.07, 6.45) is 5.10. The molecule has 20 heavy (non-hydrogen) atoms. The molecular formula is C16H25N3O. The predicted molar refractivity (Wildman–Crippen MR) is 82.8 cm³/mol. The molecule has 0 saturated carbocycles. The van der Waals surface area contributed by atoms with E-state index < -0.39 is 0 Å². The van der Waals surface area contributed by atoms with Crippen molar-refractivity contribution in [3.8, 4) is 0 Å². The van der Waals surface area contributed by atoms with Gasteiger partial charge in [-0.2, -0.15) is 0 Å². The summed E-state index contributed by atoms with van der Waals surface area (Å²) in [6, 6.07) is 8.22. The standard InChI is InChI=1S/C16H25N3O/c1-3-18-16(2,12-20)10-6-7-11-19-13-17-14-8-4-5-9-15(14)19/h4-5,8-9,13,18,20H,3,6-7,10-12H2,1-2H3. The fraction of sp³-hybridized carbons (Fsp3) is 0.562. The molecule has 0 aliphatic rings. The second kappa shape index (κ2) is 6.86. The van der Waals surface area contributed by atoms with E-state index in [2.05, 4.69) is 40.8 Å². The summed E-state index contributed by atoms with van der Waals surface area (Å²) in [5.41, 5.74) is 2.11. The number of imidazole rings is 1. The molecule has 1 atom stereocenters. The second-order valence-electron chi connectivity index (χ2n) is 5.63. The number of unbranched alkanes of at least 4 members (excludes halogenated alkanes) is 1. The van der Waals surface area contributed by atoms with Crippen molar-refractivity contribution in [1.29, 1.82) is 0 Å². The zero-order valence-corrected chi connectivity index (χ0v) is 12.5. The van der Waals surface area contributed by atoms with Crippen LogP contribution in [0.4, 0.5) is 0 Å². The van der Waals surface area contributed by atoms with E-state index >= 15 is 0 Å². The highest BCUT2D eigenvalue weighted by atomic mass is 16.3. The first-order valence-corrected chi connectivity index (χ1v) is 7.44. The van der Waals surface area contributed by atoms with Gasteiger partial charge in [-0.05, 0) is 44.9 Å². The highest BCUT2D eigenvalue weighted by molar-refractivity contribution is 5.74. The first kappa shape index (κ1) is 15.0. The Hall–Kier alpha value is -1.39. The molecule has 0 amide bonds. The van der Waals surface area contributed by atoms with E-state index in [1.54, 1.807) is 0 Å². The first-order chi connectivity index (χ1) is 9.68. The number of likely N-dealkylation sites (N-methyl/N-ethyl adjacent to an activating group) is 1. The third-order valence-corrected chi connectivity index (χ3v) is 3.86. The van der Waals surface area contributed by atoms with E-state index in [4.69, 9.17) is 0 Å². The number of para-hydroxylation sites is 2. The van der Waals surface area contributed by atoms with Gasteiger partial charge in [0.05, 0.1) is 24.0 Å². The van der Waals surface area contributed by atoms with Crippen LogP contribution in [-0.2, 0) is 6.54 Å². The van der Waals surface area contributed by atoms with Crippen LogP contribution in [0.15, 0.2) is 30.6 Å². The van der Waals surface area contributed by atoms with Crippen LogP contribution in [0.2, 0.25) is 0 Å². The Morgan fingerprint density at radius 1 is 1.30 bits per heavy atom. The average molecular weight is 275 g/mol. The van der Waals surface area contributed by atoms with Crippen molar-refractivity contribution in [3.05, 3.63) is 30.6 Å². The van der Waals surface area contributed by atoms with Crippen LogP contribution in [0, 0.1) is 0 Å². The normalized spacial score (nSPS) is 14.6. The molecule has 110 valence electrons. The topological polar surface area (TPSA) is 50.1 Å². The van der Waals surface area contributed by atoms with Crippen molar-refractivity contribution in [2.24, 2.45) is 0 Å². The fourth-order valence-corrected chi connectivity index (χ4v) is 2.64. The van der Waals surface area contributed by atoms with Gasteiger partial charge in [0.2, 0.25) is 0 Å². The number of benzene rings is 1. The zero-order chi connectivity index (χ0) is 14.4. The lowest BCUT2D eigenvalue weighted by molar-refractivity contribution is 0.164. The second-order valence-corrected chi connectivity index (χ2v) is 5.63. The number of hydrogen-bond acceptors (Lipinski definition) is 3. The van der Waals surface area contributed by atoms with Gasteiger partial charge < -0.3 is 15.0 Å². The van der Waals surface area contributed by atoms with Crippen LogP contribution < -0.4 is 5.32 Å². The van der Waals surface area contributed by atoms with Crippen LogP contribution in [0.5, 0.6) is 0 Å². The summed E-state index contributed by atoms with van der Waals surface area (Å²) in [5, 5.41) is 12.8. The smallest absolute Gasteiger partial charge is 0.0958 e. The molecule has 2 rings (SSSR count). The molecule has 4 heteroatoms. The van der Waals surface area contributed by atoms with Crippen LogP contribution in [0.3, 0.4) is 0 Å².